The van der Waals surface area contributed by atoms with Crippen LogP contribution in [0.4, 0.5) is 17.5 Å². The van der Waals surface area contributed by atoms with E-state index in [1.165, 1.54) is 4.90 Å². The van der Waals surface area contributed by atoms with E-state index in [-0.39, 0.29) is 0 Å². The zero-order valence-electron chi connectivity index (χ0n) is 15.2. The summed E-state index contributed by atoms with van der Waals surface area (Å²) in [7, 11) is 0. The lowest BCUT2D eigenvalue weighted by Crippen LogP contribution is -2.16. The van der Waals surface area contributed by atoms with Gasteiger partial charge in [0.2, 0.25) is 5.95 Å². The highest BCUT2D eigenvalue weighted by Crippen LogP contribution is 2.25. The van der Waals surface area contributed by atoms with Crippen LogP contribution in [-0.2, 0) is 0 Å². The predicted octanol–water partition coefficient (Wildman–Crippen LogP) is 5.21. The van der Waals surface area contributed by atoms with Crippen molar-refractivity contribution in [1.82, 2.24) is 15.0 Å². The van der Waals surface area contributed by atoms with Gasteiger partial charge in [0.05, 0.1) is 5.69 Å². The van der Waals surface area contributed by atoms with E-state index in [2.05, 4.69) is 57.8 Å². The second-order valence-electron chi connectivity index (χ2n) is 6.01. The molecule has 2 aromatic heterocycles. The van der Waals surface area contributed by atoms with E-state index in [1.807, 2.05) is 30.3 Å². The fraction of sp³-hybridized carbons (Fsp3) is 0.250. The van der Waals surface area contributed by atoms with Crippen molar-refractivity contribution in [2.75, 3.05) is 16.9 Å². The normalized spacial score (nSPS) is 11.8. The number of benzene rings is 1. The number of rotatable bonds is 7. The third-order valence-corrected chi connectivity index (χ3v) is 4.76. The Labute approximate surface area is 158 Å². The molecule has 2 N–H and O–H groups in total. The van der Waals surface area contributed by atoms with Crippen LogP contribution >= 0.6 is 11.8 Å². The molecule has 0 amide bonds. The minimum Gasteiger partial charge on any atom is -0.352 e. The Morgan fingerprint density at radius 1 is 1.08 bits per heavy atom. The molecule has 0 bridgehead atoms. The van der Waals surface area contributed by atoms with Crippen molar-refractivity contribution in [2.45, 2.75) is 31.2 Å². The summed E-state index contributed by atoms with van der Waals surface area (Å²) in [6.45, 7) is 4.26. The highest BCUT2D eigenvalue weighted by Gasteiger charge is 2.09. The summed E-state index contributed by atoms with van der Waals surface area (Å²) < 4.78 is 0. The van der Waals surface area contributed by atoms with Crippen molar-refractivity contribution < 1.29 is 0 Å². The second kappa shape index (κ2) is 8.67. The Morgan fingerprint density at radius 2 is 1.88 bits per heavy atom. The fourth-order valence-electron chi connectivity index (χ4n) is 2.42. The number of thioether (sulfide) groups is 1. The van der Waals surface area contributed by atoms with E-state index in [9.17, 15) is 0 Å². The first kappa shape index (κ1) is 18.2. The van der Waals surface area contributed by atoms with Crippen molar-refractivity contribution in [2.24, 2.45) is 0 Å². The molecule has 0 unspecified atom stereocenters. The lowest BCUT2D eigenvalue weighted by molar-refractivity contribution is 0.753. The average molecular weight is 366 g/mol. The van der Waals surface area contributed by atoms with Crippen LogP contribution in [0.5, 0.6) is 0 Å². The van der Waals surface area contributed by atoms with Gasteiger partial charge >= 0.3 is 0 Å². The first-order valence-electron chi connectivity index (χ1n) is 8.65. The van der Waals surface area contributed by atoms with E-state index in [0.29, 0.717) is 12.0 Å². The van der Waals surface area contributed by atoms with Gasteiger partial charge in [-0.2, -0.15) is 4.98 Å². The molecule has 1 atom stereocenters. The van der Waals surface area contributed by atoms with Gasteiger partial charge in [0.15, 0.2) is 0 Å². The van der Waals surface area contributed by atoms with E-state index >= 15 is 0 Å². The molecular weight excluding hydrogens is 342 g/mol. The number of hydrogen-bond donors (Lipinski definition) is 2. The molecular formula is C20H23N5S. The molecule has 26 heavy (non-hydrogen) atoms. The number of anilines is 3. The van der Waals surface area contributed by atoms with Gasteiger partial charge in [0.1, 0.15) is 5.82 Å². The Kier molecular flexibility index (Phi) is 6.07. The summed E-state index contributed by atoms with van der Waals surface area (Å²) in [5.41, 5.74) is 2.87. The number of aromatic nitrogens is 3. The maximum absolute atomic E-state index is 4.67. The summed E-state index contributed by atoms with van der Waals surface area (Å²) in [6, 6.07) is 14.4. The molecule has 3 aromatic rings. The van der Waals surface area contributed by atoms with Gasteiger partial charge in [-0.15, -0.1) is 11.8 Å². The summed E-state index contributed by atoms with van der Waals surface area (Å²) in [5.74, 6) is 1.38. The van der Waals surface area contributed by atoms with Gasteiger partial charge in [0.25, 0.3) is 0 Å². The first-order chi connectivity index (χ1) is 12.7. The minimum absolute atomic E-state index is 0.301. The van der Waals surface area contributed by atoms with Crippen molar-refractivity contribution in [3.8, 4) is 11.3 Å². The maximum atomic E-state index is 4.67. The Morgan fingerprint density at radius 3 is 2.62 bits per heavy atom. The van der Waals surface area contributed by atoms with Gasteiger partial charge in [0, 0.05) is 40.6 Å². The molecule has 3 rings (SSSR count). The minimum atomic E-state index is 0.301. The molecule has 1 aromatic carbocycles. The zero-order valence-corrected chi connectivity index (χ0v) is 16.0. The van der Waals surface area contributed by atoms with Crippen LogP contribution < -0.4 is 10.6 Å². The van der Waals surface area contributed by atoms with Crippen LogP contribution in [0.3, 0.4) is 0 Å². The predicted molar refractivity (Wildman–Crippen MR) is 110 cm³/mol. The standard InChI is InChI=1S/C20H23N5S/c1-4-14(2)22-20-24-18(15-8-10-21-11-9-15)13-19(25-20)23-16-6-5-7-17(12-16)26-3/h5-14H,4H2,1-3H3,(H2,22,23,24,25)/t14-/m1/s1. The van der Waals surface area contributed by atoms with Crippen molar-refractivity contribution in [1.29, 1.82) is 0 Å². The summed E-state index contributed by atoms with van der Waals surface area (Å²) in [4.78, 5) is 14.6. The van der Waals surface area contributed by atoms with Crippen LogP contribution in [0.2, 0.25) is 0 Å². The summed E-state index contributed by atoms with van der Waals surface area (Å²) in [5, 5.41) is 6.77. The number of hydrogen-bond acceptors (Lipinski definition) is 6. The van der Waals surface area contributed by atoms with Gasteiger partial charge in [-0.05, 0) is 49.9 Å². The van der Waals surface area contributed by atoms with Gasteiger partial charge < -0.3 is 10.6 Å². The third kappa shape index (κ3) is 4.73. The first-order valence-corrected chi connectivity index (χ1v) is 9.87. The zero-order chi connectivity index (χ0) is 18.4. The van der Waals surface area contributed by atoms with Crippen LogP contribution in [0.15, 0.2) is 59.8 Å². The molecule has 2 heterocycles. The topological polar surface area (TPSA) is 62.7 Å². The molecule has 0 spiro atoms. The highest BCUT2D eigenvalue weighted by atomic mass is 32.2. The third-order valence-electron chi connectivity index (χ3n) is 4.03. The SMILES string of the molecule is CC[C@@H](C)Nc1nc(Nc2cccc(SC)c2)cc(-c2ccncc2)n1. The summed E-state index contributed by atoms with van der Waals surface area (Å²) >= 11 is 1.72. The molecule has 0 saturated heterocycles. The van der Waals surface area contributed by atoms with Gasteiger partial charge in [-0.3, -0.25) is 4.98 Å². The number of nitrogens with zero attached hydrogens (tertiary/aromatic N) is 3. The largest absolute Gasteiger partial charge is 0.352 e. The number of pyridine rings is 1. The van der Waals surface area contributed by atoms with E-state index in [0.717, 1.165) is 29.2 Å². The van der Waals surface area contributed by atoms with E-state index in [4.69, 9.17) is 0 Å². The average Bonchev–Trinajstić information content (AvgIpc) is 2.68. The van der Waals surface area contributed by atoms with Crippen LogP contribution in [0, 0.1) is 0 Å². The van der Waals surface area contributed by atoms with Crippen LogP contribution in [-0.4, -0.2) is 27.2 Å². The molecule has 0 radical (unpaired) electrons. The molecule has 0 aliphatic heterocycles. The fourth-order valence-corrected chi connectivity index (χ4v) is 2.88. The highest BCUT2D eigenvalue weighted by molar-refractivity contribution is 7.98. The molecule has 0 aliphatic rings. The quantitative estimate of drug-likeness (QED) is 0.560. The smallest absolute Gasteiger partial charge is 0.225 e. The van der Waals surface area contributed by atoms with Crippen molar-refractivity contribution in [3.05, 3.63) is 54.9 Å². The lowest BCUT2D eigenvalue weighted by Gasteiger charge is -2.15. The van der Waals surface area contributed by atoms with Crippen LogP contribution in [0.1, 0.15) is 20.3 Å². The molecule has 134 valence electrons. The van der Waals surface area contributed by atoms with Gasteiger partial charge in [-0.25, -0.2) is 4.98 Å². The van der Waals surface area contributed by atoms with Crippen molar-refractivity contribution in [3.63, 3.8) is 0 Å². The van der Waals surface area contributed by atoms with Gasteiger partial charge in [-0.1, -0.05) is 13.0 Å². The van der Waals surface area contributed by atoms with Crippen LogP contribution in [0.25, 0.3) is 11.3 Å². The lowest BCUT2D eigenvalue weighted by atomic mass is 10.2. The van der Waals surface area contributed by atoms with E-state index < -0.39 is 0 Å². The molecule has 6 heteroatoms. The van der Waals surface area contributed by atoms with E-state index in [1.54, 1.807) is 24.2 Å². The number of nitrogens with one attached hydrogen (secondary N) is 2. The maximum Gasteiger partial charge on any atom is 0.225 e. The molecule has 5 nitrogen and oxygen atoms in total. The summed E-state index contributed by atoms with van der Waals surface area (Å²) in [6.07, 6.45) is 6.61. The molecule has 0 saturated carbocycles. The Bertz CT molecular complexity index is 854. The molecule has 0 fully saturated rings. The second-order valence-corrected chi connectivity index (χ2v) is 6.89. The monoisotopic (exact) mass is 365 g/mol. The Balaban J connectivity index is 1.96. The van der Waals surface area contributed by atoms with Crippen molar-refractivity contribution >= 4 is 29.2 Å². The Hall–Kier alpha value is -2.60. The molecule has 0 aliphatic carbocycles.